The Bertz CT molecular complexity index is 744. The summed E-state index contributed by atoms with van der Waals surface area (Å²) in [5, 5.41) is 10.8. The molecule has 3 nitrogen and oxygen atoms in total. The van der Waals surface area contributed by atoms with E-state index < -0.39 is 17.2 Å². The number of morpholine rings is 1. The second-order valence-corrected chi connectivity index (χ2v) is 5.66. The van der Waals surface area contributed by atoms with Crippen molar-refractivity contribution < 1.29 is 18.6 Å². The summed E-state index contributed by atoms with van der Waals surface area (Å²) in [7, 11) is 0. The van der Waals surface area contributed by atoms with Gasteiger partial charge >= 0.3 is 0 Å². The minimum absolute atomic E-state index is 0.0124. The fourth-order valence-electron chi connectivity index (χ4n) is 2.83. The average Bonchev–Trinajstić information content (AvgIpc) is 2.61. The maximum Gasteiger partial charge on any atom is 0.176 e. The van der Waals surface area contributed by atoms with E-state index in [2.05, 4.69) is 10.8 Å². The van der Waals surface area contributed by atoms with Crippen LogP contribution in [-0.2, 0) is 10.3 Å². The van der Waals surface area contributed by atoms with Gasteiger partial charge in [-0.3, -0.25) is 0 Å². The van der Waals surface area contributed by atoms with Gasteiger partial charge < -0.3 is 14.7 Å². The van der Waals surface area contributed by atoms with Crippen molar-refractivity contribution in [1.29, 1.82) is 0 Å². The van der Waals surface area contributed by atoms with Gasteiger partial charge in [-0.2, -0.15) is 0 Å². The number of terminal acetylenes is 1. The Balaban J connectivity index is 1.94. The van der Waals surface area contributed by atoms with Crippen LogP contribution in [0, 0.1) is 24.0 Å². The van der Waals surface area contributed by atoms with Gasteiger partial charge in [0.25, 0.3) is 0 Å². The first-order valence-electron chi connectivity index (χ1n) is 7.63. The zero-order valence-corrected chi connectivity index (χ0v) is 13.0. The third kappa shape index (κ3) is 3.12. The highest BCUT2D eigenvalue weighted by molar-refractivity contribution is 5.52. The average molecular weight is 329 g/mol. The molecule has 5 heteroatoms. The number of rotatable bonds is 3. The number of halogens is 2. The summed E-state index contributed by atoms with van der Waals surface area (Å²) in [5.74, 6) is 0.676. The quantitative estimate of drug-likeness (QED) is 0.879. The van der Waals surface area contributed by atoms with Crippen molar-refractivity contribution in [2.24, 2.45) is 0 Å². The van der Waals surface area contributed by atoms with Gasteiger partial charge in [0.15, 0.2) is 5.60 Å². The van der Waals surface area contributed by atoms with Crippen molar-refractivity contribution in [1.82, 2.24) is 0 Å². The largest absolute Gasteiger partial charge is 0.378 e. The molecule has 0 bridgehead atoms. The molecule has 3 rings (SSSR count). The molecule has 0 radical (unpaired) electrons. The molecule has 124 valence electrons. The van der Waals surface area contributed by atoms with Crippen molar-refractivity contribution in [3.05, 3.63) is 65.2 Å². The van der Waals surface area contributed by atoms with E-state index in [1.807, 2.05) is 12.1 Å². The van der Waals surface area contributed by atoms with Crippen molar-refractivity contribution in [2.75, 3.05) is 31.2 Å². The third-order valence-corrected chi connectivity index (χ3v) is 4.15. The predicted octanol–water partition coefficient (Wildman–Crippen LogP) is 2.67. The van der Waals surface area contributed by atoms with E-state index in [1.54, 1.807) is 12.1 Å². The molecule has 1 N–H and O–H groups in total. The number of nitrogens with zero attached hydrogens (tertiary/aromatic N) is 1. The summed E-state index contributed by atoms with van der Waals surface area (Å²) in [6, 6.07) is 9.83. The van der Waals surface area contributed by atoms with Crippen LogP contribution in [0.1, 0.15) is 11.1 Å². The highest BCUT2D eigenvalue weighted by Crippen LogP contribution is 2.31. The highest BCUT2D eigenvalue weighted by atomic mass is 19.1. The molecule has 24 heavy (non-hydrogen) atoms. The Kier molecular flexibility index (Phi) is 4.52. The third-order valence-electron chi connectivity index (χ3n) is 4.15. The normalized spacial score (nSPS) is 17.2. The van der Waals surface area contributed by atoms with Crippen LogP contribution in [0.5, 0.6) is 0 Å². The molecular formula is C19H17F2NO2. The number of aliphatic hydroxyl groups is 1. The lowest BCUT2D eigenvalue weighted by atomic mass is 9.87. The van der Waals surface area contributed by atoms with Crippen LogP contribution in [0.3, 0.4) is 0 Å². The zero-order valence-electron chi connectivity index (χ0n) is 13.0. The van der Waals surface area contributed by atoms with Gasteiger partial charge in [-0.05, 0) is 24.3 Å². The minimum atomic E-state index is -1.90. The Morgan fingerprint density at radius 3 is 2.12 bits per heavy atom. The van der Waals surface area contributed by atoms with Crippen LogP contribution in [0.2, 0.25) is 0 Å². The van der Waals surface area contributed by atoms with E-state index in [4.69, 9.17) is 11.2 Å². The van der Waals surface area contributed by atoms with Crippen molar-refractivity contribution in [3.63, 3.8) is 0 Å². The van der Waals surface area contributed by atoms with Gasteiger partial charge in [0.05, 0.1) is 13.2 Å². The molecule has 0 spiro atoms. The van der Waals surface area contributed by atoms with Crippen LogP contribution in [0.4, 0.5) is 14.5 Å². The van der Waals surface area contributed by atoms with Crippen molar-refractivity contribution in [2.45, 2.75) is 5.60 Å². The monoisotopic (exact) mass is 329 g/mol. The molecule has 1 saturated heterocycles. The van der Waals surface area contributed by atoms with Crippen molar-refractivity contribution in [3.8, 4) is 12.3 Å². The van der Waals surface area contributed by atoms with Gasteiger partial charge in [0, 0.05) is 36.0 Å². The Labute approximate surface area is 139 Å². The Morgan fingerprint density at radius 1 is 1.00 bits per heavy atom. The number of benzene rings is 2. The molecule has 2 aromatic rings. The van der Waals surface area contributed by atoms with E-state index in [9.17, 15) is 13.9 Å². The van der Waals surface area contributed by atoms with E-state index in [1.165, 1.54) is 0 Å². The Morgan fingerprint density at radius 2 is 1.58 bits per heavy atom. The van der Waals surface area contributed by atoms with E-state index >= 15 is 0 Å². The van der Waals surface area contributed by atoms with E-state index in [-0.39, 0.29) is 5.56 Å². The maximum absolute atomic E-state index is 13.5. The lowest BCUT2D eigenvalue weighted by Crippen LogP contribution is -2.36. The van der Waals surface area contributed by atoms with Crippen LogP contribution in [0.25, 0.3) is 0 Å². The lowest BCUT2D eigenvalue weighted by molar-refractivity contribution is 0.122. The van der Waals surface area contributed by atoms with Crippen LogP contribution >= 0.6 is 0 Å². The predicted molar refractivity (Wildman–Crippen MR) is 87.7 cm³/mol. The fourth-order valence-corrected chi connectivity index (χ4v) is 2.83. The molecule has 1 atom stereocenters. The summed E-state index contributed by atoms with van der Waals surface area (Å²) in [6.45, 7) is 2.90. The molecule has 1 fully saturated rings. The van der Waals surface area contributed by atoms with Gasteiger partial charge in [0.2, 0.25) is 0 Å². The standard InChI is InChI=1S/C19H17F2NO2/c1-2-19(23,15-11-16(20)13-17(21)12-15)14-3-5-18(6-4-14)22-7-9-24-10-8-22/h1,3-6,11-13,23H,7-10H2. The minimum Gasteiger partial charge on any atom is -0.378 e. The SMILES string of the molecule is C#CC(O)(c1ccc(N2CCOCC2)cc1)c1cc(F)cc(F)c1. The summed E-state index contributed by atoms with van der Waals surface area (Å²) in [6.07, 6.45) is 5.48. The molecule has 0 aromatic heterocycles. The first-order chi connectivity index (χ1) is 11.5. The van der Waals surface area contributed by atoms with Crippen LogP contribution in [-0.4, -0.2) is 31.4 Å². The highest BCUT2D eigenvalue weighted by Gasteiger charge is 2.30. The smallest absolute Gasteiger partial charge is 0.176 e. The number of ether oxygens (including phenoxy) is 1. The zero-order chi connectivity index (χ0) is 17.2. The molecule has 2 aromatic carbocycles. The second kappa shape index (κ2) is 6.60. The second-order valence-electron chi connectivity index (χ2n) is 5.66. The van der Waals surface area contributed by atoms with Crippen LogP contribution < -0.4 is 4.90 Å². The summed E-state index contributed by atoms with van der Waals surface area (Å²) in [5.41, 5.74) is -0.549. The first kappa shape index (κ1) is 16.4. The number of anilines is 1. The molecular weight excluding hydrogens is 312 g/mol. The summed E-state index contributed by atoms with van der Waals surface area (Å²) < 4.78 is 32.3. The van der Waals surface area contributed by atoms with Gasteiger partial charge in [-0.25, -0.2) is 8.78 Å². The molecule has 0 saturated carbocycles. The van der Waals surface area contributed by atoms with Gasteiger partial charge in [-0.1, -0.05) is 18.1 Å². The molecule has 1 heterocycles. The summed E-state index contributed by atoms with van der Waals surface area (Å²) in [4.78, 5) is 2.16. The van der Waals surface area contributed by atoms with Crippen molar-refractivity contribution >= 4 is 5.69 Å². The number of hydrogen-bond donors (Lipinski definition) is 1. The molecule has 1 aliphatic rings. The topological polar surface area (TPSA) is 32.7 Å². The van der Waals surface area contributed by atoms with E-state index in [0.717, 1.165) is 37.0 Å². The van der Waals surface area contributed by atoms with E-state index in [0.29, 0.717) is 18.8 Å². The number of hydrogen-bond acceptors (Lipinski definition) is 3. The lowest BCUT2D eigenvalue weighted by Gasteiger charge is -2.30. The molecule has 1 unspecified atom stereocenters. The van der Waals surface area contributed by atoms with Gasteiger partial charge in [0.1, 0.15) is 11.6 Å². The van der Waals surface area contributed by atoms with Gasteiger partial charge in [-0.15, -0.1) is 6.42 Å². The molecule has 0 amide bonds. The molecule has 0 aliphatic carbocycles. The first-order valence-corrected chi connectivity index (χ1v) is 7.63. The Hall–Kier alpha value is -2.42. The van der Waals surface area contributed by atoms with Crippen LogP contribution in [0.15, 0.2) is 42.5 Å². The summed E-state index contributed by atoms with van der Waals surface area (Å²) >= 11 is 0. The fraction of sp³-hybridized carbons (Fsp3) is 0.263. The maximum atomic E-state index is 13.5. The molecule has 1 aliphatic heterocycles.